The van der Waals surface area contributed by atoms with Gasteiger partial charge in [-0.2, -0.15) is 13.2 Å². The Morgan fingerprint density at radius 1 is 1.26 bits per heavy atom. The fourth-order valence-electron chi connectivity index (χ4n) is 3.56. The molecule has 1 aromatic heterocycles. The molecule has 2 N–H and O–H groups in total. The molecule has 7 heteroatoms. The number of benzene rings is 1. The Morgan fingerprint density at radius 3 is 2.74 bits per heavy atom. The minimum Gasteiger partial charge on any atom is -0.348 e. The molecule has 0 saturated carbocycles. The monoisotopic (exact) mass is 340 g/mol. The first-order chi connectivity index (χ1) is 10.9. The number of hydrogen-bond acceptors (Lipinski definition) is 3. The van der Waals surface area contributed by atoms with E-state index in [1.54, 1.807) is 12.1 Å². The average Bonchev–Trinajstić information content (AvgIpc) is 3.20. The van der Waals surface area contributed by atoms with Crippen LogP contribution in [0.25, 0.3) is 10.1 Å². The zero-order chi connectivity index (χ0) is 16.2. The fourth-order valence-corrected chi connectivity index (χ4v) is 4.47. The summed E-state index contributed by atoms with van der Waals surface area (Å²) in [6.07, 6.45) is -1.21. The number of thiophene rings is 1. The highest BCUT2D eigenvalue weighted by molar-refractivity contribution is 7.19. The topological polar surface area (TPSA) is 41.1 Å². The lowest BCUT2D eigenvalue weighted by Crippen LogP contribution is -2.42. The van der Waals surface area contributed by atoms with E-state index in [9.17, 15) is 18.0 Å². The molecule has 2 bridgehead atoms. The summed E-state index contributed by atoms with van der Waals surface area (Å²) in [4.78, 5) is 11.7. The highest BCUT2D eigenvalue weighted by atomic mass is 32.1. The molecular weight excluding hydrogens is 325 g/mol. The van der Waals surface area contributed by atoms with E-state index in [1.807, 2.05) is 0 Å². The van der Waals surface area contributed by atoms with Gasteiger partial charge in [-0.05, 0) is 48.9 Å². The van der Waals surface area contributed by atoms with Crippen LogP contribution in [0.3, 0.4) is 0 Å². The minimum atomic E-state index is -4.35. The number of carbonyl (C=O) groups excluding carboxylic acids is 1. The average molecular weight is 340 g/mol. The zero-order valence-electron chi connectivity index (χ0n) is 12.1. The van der Waals surface area contributed by atoms with Crippen molar-refractivity contribution in [2.24, 2.45) is 0 Å². The van der Waals surface area contributed by atoms with Gasteiger partial charge in [-0.3, -0.25) is 4.79 Å². The second-order valence-corrected chi connectivity index (χ2v) is 7.31. The fraction of sp³-hybridized carbons (Fsp3) is 0.438. The van der Waals surface area contributed by atoms with Crippen molar-refractivity contribution in [3.05, 3.63) is 34.7 Å². The molecule has 3 nitrogen and oxygen atoms in total. The molecule has 122 valence electrons. The molecule has 23 heavy (non-hydrogen) atoms. The first kappa shape index (κ1) is 15.0. The van der Waals surface area contributed by atoms with Crippen molar-refractivity contribution in [1.29, 1.82) is 0 Å². The van der Waals surface area contributed by atoms with Gasteiger partial charge in [0.15, 0.2) is 0 Å². The van der Waals surface area contributed by atoms with Gasteiger partial charge in [0.25, 0.3) is 5.91 Å². The first-order valence-electron chi connectivity index (χ1n) is 7.58. The van der Waals surface area contributed by atoms with E-state index >= 15 is 0 Å². The molecule has 0 aliphatic carbocycles. The van der Waals surface area contributed by atoms with E-state index in [1.165, 1.54) is 6.07 Å². The number of alkyl halides is 3. The maximum absolute atomic E-state index is 12.8. The molecular formula is C16H15F3N2OS. The number of fused-ring (bicyclic) bond motifs is 3. The Balaban J connectivity index is 1.55. The molecule has 3 atom stereocenters. The Labute approximate surface area is 134 Å². The second-order valence-electron chi connectivity index (χ2n) is 6.22. The second kappa shape index (κ2) is 5.21. The van der Waals surface area contributed by atoms with E-state index in [2.05, 4.69) is 10.6 Å². The quantitative estimate of drug-likeness (QED) is 0.878. The van der Waals surface area contributed by atoms with Gasteiger partial charge in [-0.25, -0.2) is 0 Å². The Hall–Kier alpha value is -1.60. The maximum Gasteiger partial charge on any atom is 0.425 e. The van der Waals surface area contributed by atoms with Crippen LogP contribution in [0, 0.1) is 0 Å². The van der Waals surface area contributed by atoms with Crippen LogP contribution in [0.1, 0.15) is 34.5 Å². The van der Waals surface area contributed by atoms with Gasteiger partial charge < -0.3 is 10.6 Å². The summed E-state index contributed by atoms with van der Waals surface area (Å²) < 4.78 is 38.8. The predicted octanol–water partition coefficient (Wildman–Crippen LogP) is 3.54. The first-order valence-corrected chi connectivity index (χ1v) is 8.39. The highest BCUT2D eigenvalue weighted by Crippen LogP contribution is 2.38. The van der Waals surface area contributed by atoms with Gasteiger partial charge in [0.05, 0.1) is 0 Å². The van der Waals surface area contributed by atoms with Crippen molar-refractivity contribution in [3.8, 4) is 0 Å². The predicted molar refractivity (Wildman–Crippen MR) is 82.6 cm³/mol. The van der Waals surface area contributed by atoms with E-state index in [4.69, 9.17) is 0 Å². The molecule has 1 aromatic carbocycles. The molecule has 2 aromatic rings. The largest absolute Gasteiger partial charge is 0.425 e. The molecule has 0 radical (unpaired) electrons. The van der Waals surface area contributed by atoms with Crippen LogP contribution in [0.5, 0.6) is 0 Å². The number of nitrogens with one attached hydrogen (secondary N) is 2. The van der Waals surface area contributed by atoms with Crippen molar-refractivity contribution in [3.63, 3.8) is 0 Å². The lowest BCUT2D eigenvalue weighted by atomic mass is 9.95. The van der Waals surface area contributed by atoms with Crippen LogP contribution in [0.2, 0.25) is 0 Å². The van der Waals surface area contributed by atoms with Gasteiger partial charge >= 0.3 is 6.18 Å². The van der Waals surface area contributed by atoms with Crippen LogP contribution >= 0.6 is 11.3 Å². The van der Waals surface area contributed by atoms with Crippen molar-refractivity contribution in [2.45, 2.75) is 43.6 Å². The summed E-state index contributed by atoms with van der Waals surface area (Å²) >= 11 is 0.701. The Bertz CT molecular complexity index is 770. The third-order valence-electron chi connectivity index (χ3n) is 4.67. The molecule has 2 fully saturated rings. The molecule has 3 heterocycles. The molecule has 0 spiro atoms. The molecule has 2 aliphatic rings. The third kappa shape index (κ3) is 2.72. The summed E-state index contributed by atoms with van der Waals surface area (Å²) in [6.45, 7) is 0. The smallest absolute Gasteiger partial charge is 0.348 e. The lowest BCUT2D eigenvalue weighted by molar-refractivity contribution is -0.134. The SMILES string of the molecule is O=C(N[C@@H]1C[C@H]2CC[C@@H]1N2)c1ccc2sc(C(F)(F)F)cc2c1. The van der Waals surface area contributed by atoms with Crippen molar-refractivity contribution in [1.82, 2.24) is 10.6 Å². The van der Waals surface area contributed by atoms with Gasteiger partial charge in [-0.15, -0.1) is 11.3 Å². The maximum atomic E-state index is 12.8. The van der Waals surface area contributed by atoms with E-state index in [0.29, 0.717) is 39.1 Å². The molecule has 0 unspecified atom stereocenters. The summed E-state index contributed by atoms with van der Waals surface area (Å²) in [5.41, 5.74) is 0.409. The summed E-state index contributed by atoms with van der Waals surface area (Å²) in [5.74, 6) is -0.217. The third-order valence-corrected chi connectivity index (χ3v) is 5.84. The van der Waals surface area contributed by atoms with E-state index in [-0.39, 0.29) is 11.9 Å². The number of amides is 1. The minimum absolute atomic E-state index is 0.116. The van der Waals surface area contributed by atoms with Crippen molar-refractivity contribution in [2.75, 3.05) is 0 Å². The number of carbonyl (C=O) groups is 1. The van der Waals surface area contributed by atoms with Crippen LogP contribution < -0.4 is 10.6 Å². The van der Waals surface area contributed by atoms with Gasteiger partial charge in [0.2, 0.25) is 0 Å². The van der Waals surface area contributed by atoms with E-state index in [0.717, 1.165) is 25.3 Å². The molecule has 2 saturated heterocycles. The Kier molecular flexibility index (Phi) is 3.39. The zero-order valence-corrected chi connectivity index (χ0v) is 12.9. The summed E-state index contributed by atoms with van der Waals surface area (Å²) in [7, 11) is 0. The van der Waals surface area contributed by atoms with Crippen molar-refractivity contribution < 1.29 is 18.0 Å². The van der Waals surface area contributed by atoms with Crippen LogP contribution in [-0.4, -0.2) is 24.0 Å². The van der Waals surface area contributed by atoms with Gasteiger partial charge in [0, 0.05) is 28.4 Å². The Morgan fingerprint density at radius 2 is 2.09 bits per heavy atom. The van der Waals surface area contributed by atoms with Crippen molar-refractivity contribution >= 4 is 27.3 Å². The normalized spacial score (nSPS) is 26.8. The van der Waals surface area contributed by atoms with Crippen LogP contribution in [0.15, 0.2) is 24.3 Å². The molecule has 4 rings (SSSR count). The summed E-state index contributed by atoms with van der Waals surface area (Å²) in [6, 6.07) is 6.75. The number of halogens is 3. The van der Waals surface area contributed by atoms with Gasteiger partial charge in [0.1, 0.15) is 4.88 Å². The van der Waals surface area contributed by atoms with Crippen LogP contribution in [-0.2, 0) is 6.18 Å². The summed E-state index contributed by atoms with van der Waals surface area (Å²) in [5, 5.41) is 6.91. The lowest BCUT2D eigenvalue weighted by Gasteiger charge is -2.21. The van der Waals surface area contributed by atoms with Crippen LogP contribution in [0.4, 0.5) is 13.2 Å². The highest BCUT2D eigenvalue weighted by Gasteiger charge is 2.39. The number of rotatable bonds is 2. The molecule has 1 amide bonds. The van der Waals surface area contributed by atoms with Gasteiger partial charge in [-0.1, -0.05) is 0 Å². The standard InChI is InChI=1S/C16H15F3N2OS/c17-16(18,19)14-6-9-5-8(1-4-13(9)23-14)15(22)21-12-7-10-2-3-11(12)20-10/h1,4-6,10-12,20H,2-3,7H2,(H,21,22)/t10-,11+,12-/m1/s1. The van der Waals surface area contributed by atoms with E-state index < -0.39 is 11.1 Å². The number of hydrogen-bond donors (Lipinski definition) is 2. The molecule has 2 aliphatic heterocycles.